The van der Waals surface area contributed by atoms with Crippen LogP contribution in [0.15, 0.2) is 170 Å². The van der Waals surface area contributed by atoms with E-state index in [-0.39, 0.29) is 52.1 Å². The Labute approximate surface area is 506 Å². The zero-order chi connectivity index (χ0) is 61.2. The van der Waals surface area contributed by atoms with E-state index in [0.29, 0.717) is 34.5 Å². The number of hydrogen-bond donors (Lipinski definition) is 0. The van der Waals surface area contributed by atoms with Gasteiger partial charge in [-0.1, -0.05) is 97.1 Å². The van der Waals surface area contributed by atoms with Gasteiger partial charge in [0.1, 0.15) is 59.9 Å². The zero-order valence-corrected chi connectivity index (χ0v) is 50.1. The molecule has 0 bridgehead atoms. The van der Waals surface area contributed by atoms with Crippen LogP contribution >= 0.6 is 0 Å². The lowest BCUT2D eigenvalue weighted by molar-refractivity contribution is -0.158. The summed E-state index contributed by atoms with van der Waals surface area (Å²) < 4.78 is 65.2. The summed E-state index contributed by atoms with van der Waals surface area (Å²) in [5.41, 5.74) is 6.00. The first-order chi connectivity index (χ1) is 42.1. The Morgan fingerprint density at radius 1 is 0.414 bits per heavy atom. The van der Waals surface area contributed by atoms with E-state index in [1.807, 2.05) is 172 Å². The number of carbonyl (C=O) groups is 4. The van der Waals surface area contributed by atoms with Gasteiger partial charge >= 0.3 is 23.9 Å². The van der Waals surface area contributed by atoms with E-state index in [9.17, 15) is 19.2 Å². The summed E-state index contributed by atoms with van der Waals surface area (Å²) in [7, 11) is 6.45. The Bertz CT molecular complexity index is 3520. The lowest BCUT2D eigenvalue weighted by Crippen LogP contribution is -2.36. The first-order valence-corrected chi connectivity index (χ1v) is 28.9. The Hall–Kier alpha value is -9.60. The second-order valence-corrected chi connectivity index (χ2v) is 21.6. The van der Waals surface area contributed by atoms with Crippen molar-refractivity contribution < 1.29 is 71.3 Å². The van der Waals surface area contributed by atoms with Crippen LogP contribution < -0.4 is 28.4 Å². The molecule has 0 saturated carbocycles. The van der Waals surface area contributed by atoms with Crippen LogP contribution in [-0.4, -0.2) is 91.0 Å². The molecule has 8 aromatic carbocycles. The normalized spacial score (nSPS) is 14.3. The number of rotatable bonds is 24. The summed E-state index contributed by atoms with van der Waals surface area (Å²) in [4.78, 5) is 52.9. The molecule has 10 rings (SSSR count). The summed E-state index contributed by atoms with van der Waals surface area (Å²) in [5, 5.41) is 3.85. The third-order valence-electron chi connectivity index (χ3n) is 15.7. The number of carbonyl (C=O) groups excluding carboxylic acids is 4. The van der Waals surface area contributed by atoms with Crippen molar-refractivity contribution in [3.8, 4) is 34.5 Å². The molecule has 15 nitrogen and oxygen atoms in total. The van der Waals surface area contributed by atoms with Crippen molar-refractivity contribution >= 4 is 56.6 Å². The van der Waals surface area contributed by atoms with E-state index in [2.05, 4.69) is 12.1 Å². The summed E-state index contributed by atoms with van der Waals surface area (Å²) in [6.45, 7) is 7.17. The van der Waals surface area contributed by atoms with Gasteiger partial charge in [-0.25, -0.2) is 0 Å². The highest BCUT2D eigenvalue weighted by molar-refractivity contribution is 5.99. The maximum absolute atomic E-state index is 13.4. The molecule has 2 aliphatic rings. The maximum atomic E-state index is 13.4. The van der Waals surface area contributed by atoms with Gasteiger partial charge in [0, 0.05) is 55.3 Å². The monoisotopic (exact) mass is 1170 g/mol. The first kappa shape index (κ1) is 60.5. The van der Waals surface area contributed by atoms with Crippen LogP contribution in [0.5, 0.6) is 34.5 Å². The molecule has 2 atom stereocenters. The van der Waals surface area contributed by atoms with Crippen LogP contribution in [0.4, 0.5) is 0 Å². The van der Waals surface area contributed by atoms with Gasteiger partial charge < -0.3 is 52.1 Å². The van der Waals surface area contributed by atoms with Gasteiger partial charge in [-0.3, -0.25) is 19.2 Å². The zero-order valence-electron chi connectivity index (χ0n) is 50.1. The maximum Gasteiger partial charge on any atom is 0.306 e. The molecule has 0 aliphatic carbocycles. The fraction of sp³-hybridized carbons (Fsp3) is 0.278. The van der Waals surface area contributed by atoms with Crippen molar-refractivity contribution in [3.05, 3.63) is 214 Å². The minimum Gasteiger partial charge on any atom is -0.497 e. The van der Waals surface area contributed by atoms with E-state index in [0.717, 1.165) is 77.2 Å². The lowest BCUT2D eigenvalue weighted by atomic mass is 9.80. The largest absolute Gasteiger partial charge is 0.497 e. The predicted molar refractivity (Wildman–Crippen MR) is 330 cm³/mol. The summed E-state index contributed by atoms with van der Waals surface area (Å²) in [5.74, 6) is 1.60. The van der Waals surface area contributed by atoms with Gasteiger partial charge in [0.25, 0.3) is 0 Å². The highest BCUT2D eigenvalue weighted by Gasteiger charge is 2.42. The number of hydrogen-bond acceptors (Lipinski definition) is 15. The molecule has 15 heteroatoms. The van der Waals surface area contributed by atoms with E-state index in [1.54, 1.807) is 42.3 Å². The molecule has 2 unspecified atom stereocenters. The van der Waals surface area contributed by atoms with Gasteiger partial charge in [0.15, 0.2) is 11.2 Å². The molecule has 0 N–H and O–H groups in total. The van der Waals surface area contributed by atoms with Crippen LogP contribution in [0.25, 0.3) is 32.7 Å². The van der Waals surface area contributed by atoms with Crippen molar-refractivity contribution in [1.82, 2.24) is 0 Å². The predicted octanol–water partition coefficient (Wildman–Crippen LogP) is 13.3. The van der Waals surface area contributed by atoms with E-state index < -0.39 is 47.3 Å². The standard InChI is InChI=1S/C72H70O15/c1-45-37-63-49(39-71(51-17-25-55(77-5)26-18-51,52-19-27-56(78-6)28-20-52)86-69(63)61-15-11-9-13-59(45)61)43-82-65(73)33-35-67(75)84-47(3)41-81-42-48(4)85-68(76)36-34-66(74)83-44-50-40-72(53-21-29-57(79-7)30-22-53,54-23-31-58(80-8)32-24-54)87-70-62-16-12-10-14-60(62)46(2)38-64(50)70/h9-32,37-40,47-48H,33-36,41-44H2,1-8H3. The first-order valence-electron chi connectivity index (χ1n) is 28.9. The molecule has 0 spiro atoms. The fourth-order valence-electron chi connectivity index (χ4n) is 11.2. The number of methoxy groups -OCH3 is 4. The van der Waals surface area contributed by atoms with Crippen molar-refractivity contribution in [2.24, 2.45) is 0 Å². The Kier molecular flexibility index (Phi) is 18.6. The van der Waals surface area contributed by atoms with Crippen molar-refractivity contribution in [2.75, 3.05) is 54.9 Å². The molecular formula is C72H70O15. The molecule has 2 aliphatic heterocycles. The fourth-order valence-corrected chi connectivity index (χ4v) is 11.2. The Morgan fingerprint density at radius 3 is 1.02 bits per heavy atom. The molecule has 2 heterocycles. The average Bonchev–Trinajstić information content (AvgIpc) is 0.913. The summed E-state index contributed by atoms with van der Waals surface area (Å²) >= 11 is 0. The quantitative estimate of drug-likeness (QED) is 0.0413. The van der Waals surface area contributed by atoms with Crippen LogP contribution in [0, 0.1) is 13.8 Å². The second-order valence-electron chi connectivity index (χ2n) is 21.6. The topological polar surface area (TPSA) is 170 Å². The van der Waals surface area contributed by atoms with Crippen molar-refractivity contribution in [2.45, 2.75) is 76.8 Å². The van der Waals surface area contributed by atoms with Crippen LogP contribution in [0.3, 0.4) is 0 Å². The smallest absolute Gasteiger partial charge is 0.306 e. The third-order valence-corrected chi connectivity index (χ3v) is 15.7. The van der Waals surface area contributed by atoms with Crippen LogP contribution in [0.2, 0.25) is 0 Å². The summed E-state index contributed by atoms with van der Waals surface area (Å²) in [6.07, 6.45) is 1.70. The molecular weight excluding hydrogens is 1100 g/mol. The van der Waals surface area contributed by atoms with Crippen molar-refractivity contribution in [3.63, 3.8) is 0 Å². The van der Waals surface area contributed by atoms with Gasteiger partial charge in [0.05, 0.1) is 67.3 Å². The second kappa shape index (κ2) is 26.8. The van der Waals surface area contributed by atoms with Gasteiger partial charge in [0.2, 0.25) is 0 Å². The lowest BCUT2D eigenvalue weighted by Gasteiger charge is -2.39. The minimum atomic E-state index is -1.16. The molecule has 0 radical (unpaired) electrons. The third kappa shape index (κ3) is 13.3. The number of benzene rings is 8. The van der Waals surface area contributed by atoms with Crippen LogP contribution in [-0.2, 0) is 54.1 Å². The molecule has 448 valence electrons. The SMILES string of the molecule is COc1ccc(C2(c3ccc(OC)cc3)C=C(COC(=O)CCC(=O)OC(C)COCC(C)OC(=O)CCC(=O)OCC3=CC(c4ccc(OC)cc4)(c4ccc(OC)cc4)Oc4c3cc(C)c3ccccc43)c3cc(C)c4ccccc4c3O2)cc1. The average molecular weight is 1180 g/mol. The Balaban J connectivity index is 0.715. The molecule has 8 aromatic rings. The number of ether oxygens (including phenoxy) is 11. The molecule has 0 aromatic heterocycles. The molecule has 87 heavy (non-hydrogen) atoms. The highest BCUT2D eigenvalue weighted by atomic mass is 16.6. The summed E-state index contributed by atoms with van der Waals surface area (Å²) in [6, 6.07) is 50.8. The molecule has 0 saturated heterocycles. The van der Waals surface area contributed by atoms with E-state index >= 15 is 0 Å². The van der Waals surface area contributed by atoms with Crippen LogP contribution in [0.1, 0.15) is 84.0 Å². The van der Waals surface area contributed by atoms with E-state index in [4.69, 9.17) is 52.1 Å². The van der Waals surface area contributed by atoms with E-state index in [1.165, 1.54) is 0 Å². The number of fused-ring (bicyclic) bond motifs is 6. The van der Waals surface area contributed by atoms with Crippen molar-refractivity contribution in [1.29, 1.82) is 0 Å². The number of aryl methyl sites for hydroxylation is 2. The van der Waals surface area contributed by atoms with Gasteiger partial charge in [-0.05, 0) is 122 Å². The van der Waals surface area contributed by atoms with Gasteiger partial charge in [-0.15, -0.1) is 0 Å². The minimum absolute atomic E-state index is 0.00414. The molecule has 0 fully saturated rings. The molecule has 0 amide bonds. The van der Waals surface area contributed by atoms with Gasteiger partial charge in [-0.2, -0.15) is 0 Å². The highest BCUT2D eigenvalue weighted by Crippen LogP contribution is 2.51. The number of esters is 4. The Morgan fingerprint density at radius 2 is 0.713 bits per heavy atom.